The van der Waals surface area contributed by atoms with E-state index in [2.05, 4.69) is 11.9 Å². The molecule has 1 amide bonds. The van der Waals surface area contributed by atoms with E-state index >= 15 is 0 Å². The van der Waals surface area contributed by atoms with Gasteiger partial charge in [0.25, 0.3) is 0 Å². The van der Waals surface area contributed by atoms with Crippen LogP contribution >= 0.6 is 0 Å². The van der Waals surface area contributed by atoms with Crippen LogP contribution in [0.1, 0.15) is 39.5 Å². The predicted octanol–water partition coefficient (Wildman–Crippen LogP) is 1.65. The van der Waals surface area contributed by atoms with Gasteiger partial charge in [-0.3, -0.25) is 9.80 Å². The van der Waals surface area contributed by atoms with Crippen molar-refractivity contribution < 1.29 is 4.79 Å². The van der Waals surface area contributed by atoms with Gasteiger partial charge < -0.3 is 0 Å². The number of hydrazine groups is 1. The third-order valence-corrected chi connectivity index (χ3v) is 2.47. The first kappa shape index (κ1) is 10.5. The fourth-order valence-electron chi connectivity index (χ4n) is 1.83. The van der Waals surface area contributed by atoms with Crippen LogP contribution in [-0.4, -0.2) is 35.6 Å². The van der Waals surface area contributed by atoms with Gasteiger partial charge >= 0.3 is 0 Å². The van der Waals surface area contributed by atoms with Crippen molar-refractivity contribution in [2.45, 2.75) is 39.5 Å². The molecule has 0 aromatic rings. The van der Waals surface area contributed by atoms with Gasteiger partial charge in [-0.15, -0.1) is 0 Å². The minimum absolute atomic E-state index is 0.184. The first-order valence-corrected chi connectivity index (χ1v) is 5.28. The van der Waals surface area contributed by atoms with Crippen molar-refractivity contribution in [3.63, 3.8) is 0 Å². The van der Waals surface area contributed by atoms with E-state index in [1.54, 1.807) is 6.92 Å². The average molecular weight is 184 g/mol. The molecule has 3 heteroatoms. The third kappa shape index (κ3) is 2.99. The number of rotatable bonds is 3. The highest BCUT2D eigenvalue weighted by Crippen LogP contribution is 2.11. The molecule has 1 rings (SSSR count). The summed E-state index contributed by atoms with van der Waals surface area (Å²) in [5.41, 5.74) is 0. The van der Waals surface area contributed by atoms with E-state index in [1.807, 2.05) is 5.01 Å². The van der Waals surface area contributed by atoms with Crippen LogP contribution in [0.25, 0.3) is 0 Å². The Balaban J connectivity index is 2.46. The number of hydrogen-bond donors (Lipinski definition) is 0. The van der Waals surface area contributed by atoms with Gasteiger partial charge in [0.2, 0.25) is 5.91 Å². The summed E-state index contributed by atoms with van der Waals surface area (Å²) >= 11 is 0. The SMILES string of the molecule is CCCN(C(C)=O)N1CCCCC1. The smallest absolute Gasteiger partial charge is 0.233 e. The summed E-state index contributed by atoms with van der Waals surface area (Å²) in [4.78, 5) is 11.3. The maximum atomic E-state index is 11.3. The van der Waals surface area contributed by atoms with E-state index in [-0.39, 0.29) is 5.91 Å². The zero-order chi connectivity index (χ0) is 9.68. The normalized spacial score (nSPS) is 18.6. The van der Waals surface area contributed by atoms with Crippen LogP contribution in [0.3, 0.4) is 0 Å². The van der Waals surface area contributed by atoms with E-state index in [0.29, 0.717) is 0 Å². The summed E-state index contributed by atoms with van der Waals surface area (Å²) in [5, 5.41) is 4.11. The summed E-state index contributed by atoms with van der Waals surface area (Å²) in [5.74, 6) is 0.184. The van der Waals surface area contributed by atoms with E-state index in [0.717, 1.165) is 26.1 Å². The first-order chi connectivity index (χ1) is 6.25. The molecule has 0 aromatic carbocycles. The van der Waals surface area contributed by atoms with E-state index < -0.39 is 0 Å². The van der Waals surface area contributed by atoms with Gasteiger partial charge in [-0.2, -0.15) is 0 Å². The Bertz CT molecular complexity index is 164. The van der Waals surface area contributed by atoms with Crippen molar-refractivity contribution in [2.75, 3.05) is 19.6 Å². The summed E-state index contributed by atoms with van der Waals surface area (Å²) in [7, 11) is 0. The highest BCUT2D eigenvalue weighted by atomic mass is 16.2. The van der Waals surface area contributed by atoms with Gasteiger partial charge in [0.1, 0.15) is 0 Å². The van der Waals surface area contributed by atoms with Gasteiger partial charge in [-0.1, -0.05) is 13.3 Å². The topological polar surface area (TPSA) is 23.6 Å². The quantitative estimate of drug-likeness (QED) is 0.666. The summed E-state index contributed by atoms with van der Waals surface area (Å²) in [6.45, 7) is 6.75. The lowest BCUT2D eigenvalue weighted by molar-refractivity contribution is -0.148. The molecule has 0 unspecified atom stereocenters. The van der Waals surface area contributed by atoms with Crippen LogP contribution in [0.4, 0.5) is 0 Å². The van der Waals surface area contributed by atoms with E-state index in [4.69, 9.17) is 0 Å². The van der Waals surface area contributed by atoms with Crippen molar-refractivity contribution in [3.8, 4) is 0 Å². The maximum absolute atomic E-state index is 11.3. The van der Waals surface area contributed by atoms with Gasteiger partial charge in [0, 0.05) is 26.6 Å². The van der Waals surface area contributed by atoms with Crippen LogP contribution in [0, 0.1) is 0 Å². The second-order valence-corrected chi connectivity index (χ2v) is 3.66. The fraction of sp³-hybridized carbons (Fsp3) is 0.900. The molecule has 1 fully saturated rings. The molecule has 1 aliphatic rings. The van der Waals surface area contributed by atoms with Crippen molar-refractivity contribution in [3.05, 3.63) is 0 Å². The Morgan fingerprint density at radius 1 is 1.31 bits per heavy atom. The molecular weight excluding hydrogens is 164 g/mol. The van der Waals surface area contributed by atoms with E-state index in [9.17, 15) is 4.79 Å². The Kier molecular flexibility index (Phi) is 4.22. The molecule has 3 nitrogen and oxygen atoms in total. The molecule has 0 aromatic heterocycles. The van der Waals surface area contributed by atoms with E-state index in [1.165, 1.54) is 19.3 Å². The summed E-state index contributed by atoms with van der Waals surface area (Å²) in [6, 6.07) is 0. The molecule has 1 aliphatic heterocycles. The minimum Gasteiger partial charge on any atom is -0.276 e. The number of piperidine rings is 1. The van der Waals surface area contributed by atoms with Gasteiger partial charge in [-0.25, -0.2) is 5.01 Å². The van der Waals surface area contributed by atoms with Gasteiger partial charge in [0.15, 0.2) is 0 Å². The molecule has 1 heterocycles. The molecule has 76 valence electrons. The molecule has 0 atom stereocenters. The summed E-state index contributed by atoms with van der Waals surface area (Å²) < 4.78 is 0. The summed E-state index contributed by atoms with van der Waals surface area (Å²) in [6.07, 6.45) is 4.81. The number of nitrogens with zero attached hydrogens (tertiary/aromatic N) is 2. The zero-order valence-corrected chi connectivity index (χ0v) is 8.75. The highest BCUT2D eigenvalue weighted by Gasteiger charge is 2.18. The lowest BCUT2D eigenvalue weighted by Gasteiger charge is -2.36. The number of carbonyl (C=O) groups excluding carboxylic acids is 1. The Morgan fingerprint density at radius 2 is 1.92 bits per heavy atom. The predicted molar refractivity (Wildman–Crippen MR) is 53.1 cm³/mol. The lowest BCUT2D eigenvalue weighted by atomic mass is 10.2. The molecule has 0 spiro atoms. The van der Waals surface area contributed by atoms with Crippen LogP contribution in [0.5, 0.6) is 0 Å². The van der Waals surface area contributed by atoms with Crippen molar-refractivity contribution in [2.24, 2.45) is 0 Å². The highest BCUT2D eigenvalue weighted by molar-refractivity contribution is 5.72. The average Bonchev–Trinajstić information content (AvgIpc) is 2.15. The van der Waals surface area contributed by atoms with Crippen LogP contribution in [-0.2, 0) is 4.79 Å². The number of hydrogen-bond acceptors (Lipinski definition) is 2. The van der Waals surface area contributed by atoms with Crippen LogP contribution < -0.4 is 0 Å². The Labute approximate surface area is 80.7 Å². The minimum atomic E-state index is 0.184. The third-order valence-electron chi connectivity index (χ3n) is 2.47. The largest absolute Gasteiger partial charge is 0.276 e. The fourth-order valence-corrected chi connectivity index (χ4v) is 1.83. The molecule has 0 aliphatic carbocycles. The number of amides is 1. The second kappa shape index (κ2) is 5.22. The number of carbonyl (C=O) groups is 1. The van der Waals surface area contributed by atoms with Crippen LogP contribution in [0.15, 0.2) is 0 Å². The van der Waals surface area contributed by atoms with Gasteiger partial charge in [-0.05, 0) is 19.3 Å². The standard InChI is InChI=1S/C10H20N2O/c1-3-7-12(10(2)13)11-8-5-4-6-9-11/h3-9H2,1-2H3. The molecule has 1 saturated heterocycles. The Hall–Kier alpha value is -0.570. The first-order valence-electron chi connectivity index (χ1n) is 5.28. The molecule has 13 heavy (non-hydrogen) atoms. The monoisotopic (exact) mass is 184 g/mol. The molecule has 0 N–H and O–H groups in total. The van der Waals surface area contributed by atoms with Crippen molar-refractivity contribution >= 4 is 5.91 Å². The van der Waals surface area contributed by atoms with Crippen molar-refractivity contribution in [1.82, 2.24) is 10.0 Å². The van der Waals surface area contributed by atoms with Gasteiger partial charge in [0.05, 0.1) is 0 Å². The zero-order valence-electron chi connectivity index (χ0n) is 8.75. The second-order valence-electron chi connectivity index (χ2n) is 3.66. The van der Waals surface area contributed by atoms with Crippen molar-refractivity contribution in [1.29, 1.82) is 0 Å². The molecular formula is C10H20N2O. The lowest BCUT2D eigenvalue weighted by Crippen LogP contribution is -2.48. The maximum Gasteiger partial charge on any atom is 0.233 e. The molecule has 0 saturated carbocycles. The van der Waals surface area contributed by atoms with Crippen LogP contribution in [0.2, 0.25) is 0 Å². The molecule has 0 bridgehead atoms. The molecule has 0 radical (unpaired) electrons. The Morgan fingerprint density at radius 3 is 2.38 bits per heavy atom.